The van der Waals surface area contributed by atoms with Crippen LogP contribution in [-0.2, 0) is 9.59 Å². The number of rotatable bonds is 4. The monoisotopic (exact) mass is 223 g/mol. The number of anilines is 1. The first-order valence-electron chi connectivity index (χ1n) is 4.63. The number of nitrogens with two attached hydrogens (primary N) is 2. The van der Waals surface area contributed by atoms with Crippen LogP contribution in [0.3, 0.4) is 0 Å². The van der Waals surface area contributed by atoms with Crippen LogP contribution in [0, 0.1) is 0 Å². The van der Waals surface area contributed by atoms with Gasteiger partial charge in [-0.25, -0.2) is 0 Å². The lowest BCUT2D eigenvalue weighted by atomic mass is 10.2. The fourth-order valence-corrected chi connectivity index (χ4v) is 1.11. The van der Waals surface area contributed by atoms with Crippen LogP contribution in [0.2, 0.25) is 0 Å². The Labute approximate surface area is 92.2 Å². The number of nitrogens with one attached hydrogen (secondary N) is 1. The van der Waals surface area contributed by atoms with E-state index in [1.165, 1.54) is 12.1 Å². The number of hydrogen-bond acceptors (Lipinski definition) is 4. The number of carbonyl (C=O) groups is 2. The van der Waals surface area contributed by atoms with Gasteiger partial charge in [0.25, 0.3) is 0 Å². The third-order valence-corrected chi connectivity index (χ3v) is 1.92. The largest absolute Gasteiger partial charge is 0.506 e. The molecule has 0 saturated heterocycles. The quantitative estimate of drug-likeness (QED) is 0.516. The molecule has 0 spiro atoms. The van der Waals surface area contributed by atoms with Crippen molar-refractivity contribution in [2.75, 3.05) is 5.32 Å². The molecule has 0 aliphatic heterocycles. The molecule has 1 aromatic rings. The molecule has 1 aromatic carbocycles. The Balaban J connectivity index is 2.64. The van der Waals surface area contributed by atoms with Crippen molar-refractivity contribution >= 4 is 17.5 Å². The van der Waals surface area contributed by atoms with Crippen molar-refractivity contribution in [3.8, 4) is 5.75 Å². The first kappa shape index (κ1) is 12.0. The number of phenolic OH excluding ortho intramolecular Hbond substituents is 1. The lowest BCUT2D eigenvalue weighted by Gasteiger charge is -2.11. The van der Waals surface area contributed by atoms with Gasteiger partial charge in [0.05, 0.1) is 18.2 Å². The first-order chi connectivity index (χ1) is 7.50. The summed E-state index contributed by atoms with van der Waals surface area (Å²) in [5.41, 5.74) is 10.6. The maximum atomic E-state index is 11.4. The van der Waals surface area contributed by atoms with Crippen molar-refractivity contribution in [3.63, 3.8) is 0 Å². The molecule has 0 bridgehead atoms. The van der Waals surface area contributed by atoms with Crippen LogP contribution in [0.25, 0.3) is 0 Å². The third-order valence-electron chi connectivity index (χ3n) is 1.92. The van der Waals surface area contributed by atoms with Crippen molar-refractivity contribution in [2.45, 2.75) is 12.5 Å². The second-order valence-corrected chi connectivity index (χ2v) is 3.28. The SMILES string of the molecule is NC(=O)C[C@H](N)C(=O)Nc1ccccc1O. The van der Waals surface area contributed by atoms with Crippen LogP contribution in [0.4, 0.5) is 5.69 Å². The highest BCUT2D eigenvalue weighted by atomic mass is 16.3. The van der Waals surface area contributed by atoms with E-state index in [9.17, 15) is 14.7 Å². The molecule has 6 heteroatoms. The topological polar surface area (TPSA) is 118 Å². The highest BCUT2D eigenvalue weighted by Gasteiger charge is 2.16. The molecule has 0 aliphatic carbocycles. The predicted molar refractivity (Wildman–Crippen MR) is 58.5 cm³/mol. The van der Waals surface area contributed by atoms with E-state index in [1.54, 1.807) is 12.1 Å². The summed E-state index contributed by atoms with van der Waals surface area (Å²) in [7, 11) is 0. The fraction of sp³-hybridized carbons (Fsp3) is 0.200. The molecule has 1 atom stereocenters. The summed E-state index contributed by atoms with van der Waals surface area (Å²) in [5, 5.41) is 11.8. The van der Waals surface area contributed by atoms with Crippen molar-refractivity contribution < 1.29 is 14.7 Å². The standard InChI is InChI=1S/C10H13N3O3/c11-6(5-9(12)15)10(16)13-7-3-1-2-4-8(7)14/h1-4,6,14H,5,11H2,(H2,12,15)(H,13,16)/t6-/m0/s1. The van der Waals surface area contributed by atoms with Gasteiger partial charge in [-0.1, -0.05) is 12.1 Å². The number of hydrogen-bond donors (Lipinski definition) is 4. The van der Waals surface area contributed by atoms with Crippen LogP contribution in [0.5, 0.6) is 5.75 Å². The van der Waals surface area contributed by atoms with E-state index in [0.29, 0.717) is 0 Å². The Hall–Kier alpha value is -2.08. The maximum Gasteiger partial charge on any atom is 0.241 e. The molecule has 6 nitrogen and oxygen atoms in total. The minimum Gasteiger partial charge on any atom is -0.506 e. The zero-order valence-electron chi connectivity index (χ0n) is 8.51. The Bertz CT molecular complexity index is 406. The molecule has 0 heterocycles. The van der Waals surface area contributed by atoms with Gasteiger partial charge < -0.3 is 21.9 Å². The summed E-state index contributed by atoms with van der Waals surface area (Å²) in [6.07, 6.45) is -0.237. The second-order valence-electron chi connectivity index (χ2n) is 3.28. The Morgan fingerprint density at radius 2 is 2.00 bits per heavy atom. The van der Waals surface area contributed by atoms with Crippen LogP contribution in [-0.4, -0.2) is 23.0 Å². The zero-order valence-corrected chi connectivity index (χ0v) is 8.51. The predicted octanol–water partition coefficient (Wildman–Crippen LogP) is -0.467. The number of phenols is 1. The molecule has 0 radical (unpaired) electrons. The van der Waals surface area contributed by atoms with E-state index < -0.39 is 17.9 Å². The van der Waals surface area contributed by atoms with E-state index in [0.717, 1.165) is 0 Å². The molecule has 0 fully saturated rings. The third kappa shape index (κ3) is 3.25. The second kappa shape index (κ2) is 5.13. The number of benzene rings is 1. The lowest BCUT2D eigenvalue weighted by molar-refractivity contribution is -0.123. The van der Waals surface area contributed by atoms with Gasteiger partial charge in [0.15, 0.2) is 0 Å². The van der Waals surface area contributed by atoms with Gasteiger partial charge in [0.1, 0.15) is 5.75 Å². The maximum absolute atomic E-state index is 11.4. The summed E-state index contributed by atoms with van der Waals surface area (Å²) >= 11 is 0. The van der Waals surface area contributed by atoms with E-state index in [2.05, 4.69) is 5.32 Å². The van der Waals surface area contributed by atoms with E-state index in [4.69, 9.17) is 11.5 Å². The summed E-state index contributed by atoms with van der Waals surface area (Å²) in [4.78, 5) is 22.0. The van der Waals surface area contributed by atoms with Crippen molar-refractivity contribution in [2.24, 2.45) is 11.5 Å². The molecule has 0 unspecified atom stereocenters. The van der Waals surface area contributed by atoms with Gasteiger partial charge in [0, 0.05) is 0 Å². The van der Waals surface area contributed by atoms with Crippen LogP contribution in [0.1, 0.15) is 6.42 Å². The summed E-state index contributed by atoms with van der Waals surface area (Å²) < 4.78 is 0. The number of amides is 2. The number of carbonyl (C=O) groups excluding carboxylic acids is 2. The molecular weight excluding hydrogens is 210 g/mol. The molecule has 0 saturated carbocycles. The van der Waals surface area contributed by atoms with Gasteiger partial charge in [0.2, 0.25) is 11.8 Å². The molecule has 2 amide bonds. The molecule has 86 valence electrons. The zero-order chi connectivity index (χ0) is 12.1. The Kier molecular flexibility index (Phi) is 3.84. The average molecular weight is 223 g/mol. The van der Waals surface area contributed by atoms with E-state index >= 15 is 0 Å². The molecule has 6 N–H and O–H groups in total. The lowest BCUT2D eigenvalue weighted by Crippen LogP contribution is -2.38. The highest BCUT2D eigenvalue weighted by Crippen LogP contribution is 2.21. The fourth-order valence-electron chi connectivity index (χ4n) is 1.11. The van der Waals surface area contributed by atoms with Gasteiger partial charge in [-0.3, -0.25) is 9.59 Å². The minimum atomic E-state index is -1.02. The summed E-state index contributed by atoms with van der Waals surface area (Å²) in [5.74, 6) is -1.29. The molecule has 1 rings (SSSR count). The molecular formula is C10H13N3O3. The van der Waals surface area contributed by atoms with Gasteiger partial charge in [-0.2, -0.15) is 0 Å². The summed E-state index contributed by atoms with van der Waals surface area (Å²) in [6, 6.07) is 5.19. The highest BCUT2D eigenvalue weighted by molar-refractivity contribution is 5.98. The number of primary amides is 1. The van der Waals surface area contributed by atoms with Crippen molar-refractivity contribution in [3.05, 3.63) is 24.3 Å². The van der Waals surface area contributed by atoms with E-state index in [-0.39, 0.29) is 17.9 Å². The minimum absolute atomic E-state index is 0.0675. The van der Waals surface area contributed by atoms with Crippen LogP contribution < -0.4 is 16.8 Å². The van der Waals surface area contributed by atoms with Gasteiger partial charge >= 0.3 is 0 Å². The van der Waals surface area contributed by atoms with Gasteiger partial charge in [-0.15, -0.1) is 0 Å². The summed E-state index contributed by atoms with van der Waals surface area (Å²) in [6.45, 7) is 0. The first-order valence-corrected chi connectivity index (χ1v) is 4.63. The van der Waals surface area contributed by atoms with Crippen LogP contribution >= 0.6 is 0 Å². The Morgan fingerprint density at radius 1 is 1.38 bits per heavy atom. The van der Waals surface area contributed by atoms with Gasteiger partial charge in [-0.05, 0) is 12.1 Å². The Morgan fingerprint density at radius 3 is 2.56 bits per heavy atom. The van der Waals surface area contributed by atoms with Crippen molar-refractivity contribution in [1.82, 2.24) is 0 Å². The van der Waals surface area contributed by atoms with E-state index in [1.807, 2.05) is 0 Å². The smallest absolute Gasteiger partial charge is 0.241 e. The molecule has 0 aliphatic rings. The molecule has 16 heavy (non-hydrogen) atoms. The van der Waals surface area contributed by atoms with Crippen molar-refractivity contribution in [1.29, 1.82) is 0 Å². The number of aromatic hydroxyl groups is 1. The number of para-hydroxylation sites is 2. The van der Waals surface area contributed by atoms with Crippen LogP contribution in [0.15, 0.2) is 24.3 Å². The molecule has 0 aromatic heterocycles. The average Bonchev–Trinajstić information content (AvgIpc) is 2.20. The normalized spacial score (nSPS) is 11.8.